The summed E-state index contributed by atoms with van der Waals surface area (Å²) in [6.07, 6.45) is 3.55. The first-order chi connectivity index (χ1) is 16.8. The SMILES string of the molecule is CCn1nc(-c2ccc(-c3cc(C(C)(C)N)ccn3)cn2)c2nc(C(=O)N3CCOCC3)ccc21. The fraction of sp³-hybridized carbons (Fsp3) is 0.346. The third-order valence-electron chi connectivity index (χ3n) is 6.22. The number of rotatable bonds is 5. The van der Waals surface area contributed by atoms with Crippen molar-refractivity contribution in [2.24, 2.45) is 5.73 Å². The van der Waals surface area contributed by atoms with Gasteiger partial charge in [-0.1, -0.05) is 0 Å². The van der Waals surface area contributed by atoms with Gasteiger partial charge in [0.05, 0.1) is 30.1 Å². The quantitative estimate of drug-likeness (QED) is 0.475. The van der Waals surface area contributed by atoms with Gasteiger partial charge in [-0.3, -0.25) is 19.4 Å². The van der Waals surface area contributed by atoms with Gasteiger partial charge in [0.2, 0.25) is 0 Å². The minimum atomic E-state index is -0.459. The third kappa shape index (κ3) is 4.52. The fourth-order valence-corrected chi connectivity index (χ4v) is 4.19. The second-order valence-corrected chi connectivity index (χ2v) is 9.22. The highest BCUT2D eigenvalue weighted by Crippen LogP contribution is 2.28. The molecule has 5 heterocycles. The van der Waals surface area contributed by atoms with Crippen LogP contribution in [0.4, 0.5) is 0 Å². The molecule has 0 unspecified atom stereocenters. The predicted molar refractivity (Wildman–Crippen MR) is 134 cm³/mol. The Balaban J connectivity index is 1.51. The number of hydrogen-bond donors (Lipinski definition) is 1. The van der Waals surface area contributed by atoms with Gasteiger partial charge in [-0.05, 0) is 62.7 Å². The second-order valence-electron chi connectivity index (χ2n) is 9.22. The molecule has 9 nitrogen and oxygen atoms in total. The Hall–Kier alpha value is -3.69. The summed E-state index contributed by atoms with van der Waals surface area (Å²) in [5, 5.41) is 4.75. The Morgan fingerprint density at radius 1 is 1.09 bits per heavy atom. The number of fused-ring (bicyclic) bond motifs is 1. The summed E-state index contributed by atoms with van der Waals surface area (Å²) in [6.45, 7) is 8.86. The topological polar surface area (TPSA) is 112 Å². The summed E-state index contributed by atoms with van der Waals surface area (Å²) in [6, 6.07) is 11.5. The molecule has 1 saturated heterocycles. The number of nitrogens with two attached hydrogens (primary N) is 1. The van der Waals surface area contributed by atoms with Crippen molar-refractivity contribution in [3.05, 3.63) is 60.0 Å². The molecule has 180 valence electrons. The Bertz CT molecular complexity index is 1370. The monoisotopic (exact) mass is 471 g/mol. The first kappa shape index (κ1) is 23.1. The predicted octanol–water partition coefficient (Wildman–Crippen LogP) is 3.24. The number of hydrogen-bond acceptors (Lipinski definition) is 7. The fourth-order valence-electron chi connectivity index (χ4n) is 4.19. The standard InChI is InChI=1S/C26H29N7O2/c1-4-33-22-8-7-20(25(34)32-11-13-35-14-12-32)30-24(22)23(31-33)19-6-5-17(16-29-19)21-15-18(9-10-28-21)26(2,3)27/h5-10,15-16H,4,11-14,27H2,1-3H3. The van der Waals surface area contributed by atoms with Crippen molar-refractivity contribution in [3.8, 4) is 22.6 Å². The van der Waals surface area contributed by atoms with Crippen molar-refractivity contribution in [1.82, 2.24) is 29.6 Å². The Morgan fingerprint density at radius 3 is 2.57 bits per heavy atom. The molecule has 0 atom stereocenters. The Morgan fingerprint density at radius 2 is 1.89 bits per heavy atom. The zero-order valence-corrected chi connectivity index (χ0v) is 20.2. The lowest BCUT2D eigenvalue weighted by atomic mass is 9.95. The highest BCUT2D eigenvalue weighted by molar-refractivity contribution is 5.97. The van der Waals surface area contributed by atoms with Crippen LogP contribution in [0.1, 0.15) is 36.8 Å². The van der Waals surface area contributed by atoms with E-state index < -0.39 is 5.54 Å². The summed E-state index contributed by atoms with van der Waals surface area (Å²) in [7, 11) is 0. The van der Waals surface area contributed by atoms with Crippen LogP contribution in [0.15, 0.2) is 48.8 Å². The smallest absolute Gasteiger partial charge is 0.272 e. The average molecular weight is 472 g/mol. The van der Waals surface area contributed by atoms with Gasteiger partial charge < -0.3 is 15.4 Å². The third-order valence-corrected chi connectivity index (χ3v) is 6.22. The zero-order chi connectivity index (χ0) is 24.6. The molecule has 4 aromatic heterocycles. The van der Waals surface area contributed by atoms with E-state index in [1.54, 1.807) is 23.4 Å². The van der Waals surface area contributed by atoms with Crippen LogP contribution in [0, 0.1) is 0 Å². The Kier molecular flexibility index (Phi) is 6.04. The maximum atomic E-state index is 13.0. The molecule has 4 aromatic rings. The molecule has 1 amide bonds. The maximum Gasteiger partial charge on any atom is 0.272 e. The molecule has 0 bridgehead atoms. The number of carbonyl (C=O) groups excluding carboxylic acids is 1. The molecule has 0 radical (unpaired) electrons. The lowest BCUT2D eigenvalue weighted by molar-refractivity contribution is 0.0299. The van der Waals surface area contributed by atoms with E-state index in [0.29, 0.717) is 55.4 Å². The molecule has 0 aromatic carbocycles. The van der Waals surface area contributed by atoms with Crippen LogP contribution in [0.3, 0.4) is 0 Å². The van der Waals surface area contributed by atoms with E-state index in [-0.39, 0.29) is 5.91 Å². The number of morpholine rings is 1. The molecular formula is C26H29N7O2. The second kappa shape index (κ2) is 9.16. The van der Waals surface area contributed by atoms with Crippen LogP contribution in [-0.2, 0) is 16.8 Å². The van der Waals surface area contributed by atoms with Crippen LogP contribution < -0.4 is 5.73 Å². The van der Waals surface area contributed by atoms with Gasteiger partial charge in [-0.25, -0.2) is 4.98 Å². The van der Waals surface area contributed by atoms with Crippen molar-refractivity contribution in [1.29, 1.82) is 0 Å². The van der Waals surface area contributed by atoms with E-state index in [1.165, 1.54) is 0 Å². The number of nitrogens with zero attached hydrogens (tertiary/aromatic N) is 6. The summed E-state index contributed by atoms with van der Waals surface area (Å²) < 4.78 is 7.25. The van der Waals surface area contributed by atoms with E-state index in [1.807, 2.05) is 55.8 Å². The highest BCUT2D eigenvalue weighted by Gasteiger charge is 2.22. The van der Waals surface area contributed by atoms with Crippen molar-refractivity contribution in [3.63, 3.8) is 0 Å². The molecule has 0 saturated carbocycles. The number of ether oxygens (including phenoxy) is 1. The van der Waals surface area contributed by atoms with E-state index in [4.69, 9.17) is 20.6 Å². The van der Waals surface area contributed by atoms with Gasteiger partial charge >= 0.3 is 0 Å². The minimum absolute atomic E-state index is 0.0949. The van der Waals surface area contributed by atoms with E-state index >= 15 is 0 Å². The first-order valence-corrected chi connectivity index (χ1v) is 11.8. The average Bonchev–Trinajstić information content (AvgIpc) is 3.26. The molecule has 1 aliphatic rings. The van der Waals surface area contributed by atoms with Gasteiger partial charge in [0.15, 0.2) is 0 Å². The molecule has 35 heavy (non-hydrogen) atoms. The number of aromatic nitrogens is 5. The molecule has 1 fully saturated rings. The van der Waals surface area contributed by atoms with Crippen molar-refractivity contribution < 1.29 is 9.53 Å². The van der Waals surface area contributed by atoms with E-state index in [0.717, 1.165) is 22.3 Å². The summed E-state index contributed by atoms with van der Waals surface area (Å²) in [4.78, 5) is 28.7. The molecule has 9 heteroatoms. The van der Waals surface area contributed by atoms with Crippen LogP contribution in [0.2, 0.25) is 0 Å². The maximum absolute atomic E-state index is 13.0. The zero-order valence-electron chi connectivity index (χ0n) is 20.2. The van der Waals surface area contributed by atoms with Crippen LogP contribution in [-0.4, -0.2) is 61.8 Å². The van der Waals surface area contributed by atoms with Crippen molar-refractivity contribution in [2.45, 2.75) is 32.9 Å². The lowest BCUT2D eigenvalue weighted by Gasteiger charge is -2.26. The normalized spacial score (nSPS) is 14.5. The van der Waals surface area contributed by atoms with Crippen LogP contribution in [0.5, 0.6) is 0 Å². The van der Waals surface area contributed by atoms with Crippen molar-refractivity contribution >= 4 is 16.9 Å². The largest absolute Gasteiger partial charge is 0.378 e. The molecule has 5 rings (SSSR count). The highest BCUT2D eigenvalue weighted by atomic mass is 16.5. The van der Waals surface area contributed by atoms with Gasteiger partial charge in [-0.15, -0.1) is 0 Å². The molecule has 1 aliphatic heterocycles. The van der Waals surface area contributed by atoms with Gasteiger partial charge in [0.1, 0.15) is 16.9 Å². The van der Waals surface area contributed by atoms with Gasteiger partial charge in [-0.2, -0.15) is 5.10 Å². The van der Waals surface area contributed by atoms with Crippen LogP contribution in [0.25, 0.3) is 33.7 Å². The van der Waals surface area contributed by atoms with Crippen molar-refractivity contribution in [2.75, 3.05) is 26.3 Å². The number of pyridine rings is 3. The number of amides is 1. The Labute approximate surface area is 204 Å². The van der Waals surface area contributed by atoms with E-state index in [9.17, 15) is 4.79 Å². The minimum Gasteiger partial charge on any atom is -0.378 e. The number of aryl methyl sites for hydroxylation is 1. The first-order valence-electron chi connectivity index (χ1n) is 11.8. The summed E-state index contributed by atoms with van der Waals surface area (Å²) >= 11 is 0. The molecular weight excluding hydrogens is 442 g/mol. The van der Waals surface area contributed by atoms with E-state index in [2.05, 4.69) is 9.97 Å². The number of carbonyl (C=O) groups is 1. The molecule has 0 spiro atoms. The van der Waals surface area contributed by atoms with Gasteiger partial charge in [0.25, 0.3) is 5.91 Å². The summed E-state index contributed by atoms with van der Waals surface area (Å²) in [5.74, 6) is -0.0949. The van der Waals surface area contributed by atoms with Gasteiger partial charge in [0, 0.05) is 43.1 Å². The molecule has 0 aliphatic carbocycles. The summed E-state index contributed by atoms with van der Waals surface area (Å²) in [5.41, 5.74) is 11.8. The van der Waals surface area contributed by atoms with Crippen LogP contribution >= 0.6 is 0 Å². The molecule has 2 N–H and O–H groups in total. The lowest BCUT2D eigenvalue weighted by Crippen LogP contribution is -2.41.